The average molecular weight is 410 g/mol. The molecule has 6 nitrogen and oxygen atoms in total. The SMILES string of the molecule is O=S(=O)(C1CCOCC1)N1CCC(Nc2ccnc3ccc(Cl)cc23)CC1. The highest BCUT2D eigenvalue weighted by Crippen LogP contribution is 2.28. The molecule has 1 aromatic carbocycles. The first-order chi connectivity index (χ1) is 13.0. The lowest BCUT2D eigenvalue weighted by atomic mass is 10.1. The van der Waals surface area contributed by atoms with Crippen LogP contribution in [0.15, 0.2) is 30.5 Å². The van der Waals surface area contributed by atoms with E-state index in [9.17, 15) is 8.42 Å². The molecule has 0 atom stereocenters. The molecule has 0 saturated carbocycles. The van der Waals surface area contributed by atoms with Gasteiger partial charge < -0.3 is 10.1 Å². The number of nitrogens with one attached hydrogen (secondary N) is 1. The molecule has 2 aliphatic rings. The van der Waals surface area contributed by atoms with E-state index < -0.39 is 10.0 Å². The Kier molecular flexibility index (Phi) is 5.55. The molecule has 146 valence electrons. The Labute approximate surface area is 164 Å². The number of benzene rings is 1. The summed E-state index contributed by atoms with van der Waals surface area (Å²) in [6, 6.07) is 7.84. The van der Waals surface area contributed by atoms with Crippen LogP contribution in [-0.4, -0.2) is 55.3 Å². The molecule has 1 aromatic heterocycles. The van der Waals surface area contributed by atoms with Crippen molar-refractivity contribution in [2.45, 2.75) is 37.0 Å². The quantitative estimate of drug-likeness (QED) is 0.839. The molecule has 0 radical (unpaired) electrons. The van der Waals surface area contributed by atoms with Crippen LogP contribution < -0.4 is 5.32 Å². The number of sulfonamides is 1. The second-order valence-electron chi connectivity index (χ2n) is 7.19. The van der Waals surface area contributed by atoms with Crippen molar-refractivity contribution in [1.29, 1.82) is 0 Å². The summed E-state index contributed by atoms with van der Waals surface area (Å²) in [7, 11) is -3.22. The number of ether oxygens (including phenoxy) is 1. The number of hydrogen-bond acceptors (Lipinski definition) is 5. The number of piperidine rings is 1. The summed E-state index contributed by atoms with van der Waals surface area (Å²) in [6.07, 6.45) is 4.55. The number of pyridine rings is 1. The fourth-order valence-electron chi connectivity index (χ4n) is 3.90. The highest BCUT2D eigenvalue weighted by Gasteiger charge is 2.35. The Morgan fingerprint density at radius 3 is 2.59 bits per heavy atom. The second kappa shape index (κ2) is 7.91. The third-order valence-electron chi connectivity index (χ3n) is 5.47. The van der Waals surface area contributed by atoms with Crippen LogP contribution in [0.25, 0.3) is 10.9 Å². The average Bonchev–Trinajstić information content (AvgIpc) is 2.69. The van der Waals surface area contributed by atoms with Gasteiger partial charge in [0.05, 0.1) is 10.8 Å². The number of nitrogens with zero attached hydrogens (tertiary/aromatic N) is 2. The lowest BCUT2D eigenvalue weighted by Crippen LogP contribution is -2.47. The predicted molar refractivity (Wildman–Crippen MR) is 108 cm³/mol. The molecule has 0 amide bonds. The summed E-state index contributed by atoms with van der Waals surface area (Å²) in [5.41, 5.74) is 1.89. The smallest absolute Gasteiger partial charge is 0.217 e. The van der Waals surface area contributed by atoms with Gasteiger partial charge in [-0.25, -0.2) is 12.7 Å². The fraction of sp³-hybridized carbons (Fsp3) is 0.526. The van der Waals surface area contributed by atoms with Gasteiger partial charge in [0.25, 0.3) is 0 Å². The molecule has 0 aliphatic carbocycles. The van der Waals surface area contributed by atoms with Gasteiger partial charge in [0.15, 0.2) is 0 Å². The molecule has 0 bridgehead atoms. The van der Waals surface area contributed by atoms with Gasteiger partial charge in [0.2, 0.25) is 10.0 Å². The van der Waals surface area contributed by atoms with Gasteiger partial charge in [-0.05, 0) is 49.9 Å². The zero-order chi connectivity index (χ0) is 18.9. The molecule has 8 heteroatoms. The van der Waals surface area contributed by atoms with E-state index in [0.717, 1.165) is 29.4 Å². The molecule has 1 N–H and O–H groups in total. The van der Waals surface area contributed by atoms with Crippen LogP contribution in [0.2, 0.25) is 5.02 Å². The van der Waals surface area contributed by atoms with Gasteiger partial charge in [0, 0.05) is 54.6 Å². The van der Waals surface area contributed by atoms with Crippen LogP contribution in [0, 0.1) is 0 Å². The van der Waals surface area contributed by atoms with Crippen LogP contribution in [0.3, 0.4) is 0 Å². The highest BCUT2D eigenvalue weighted by molar-refractivity contribution is 7.89. The number of halogens is 1. The molecule has 0 unspecified atom stereocenters. The Morgan fingerprint density at radius 2 is 1.85 bits per heavy atom. The van der Waals surface area contributed by atoms with Gasteiger partial charge >= 0.3 is 0 Å². The van der Waals surface area contributed by atoms with E-state index in [1.807, 2.05) is 24.3 Å². The maximum absolute atomic E-state index is 12.8. The first kappa shape index (κ1) is 18.9. The fourth-order valence-corrected chi connectivity index (χ4v) is 6.01. The molecule has 2 fully saturated rings. The Morgan fingerprint density at radius 1 is 1.11 bits per heavy atom. The molecular weight excluding hydrogens is 386 g/mol. The topological polar surface area (TPSA) is 71.5 Å². The standard InChI is InChI=1S/C19H24ClN3O3S/c20-14-1-2-18-17(13-14)19(3-8-21-18)22-15-4-9-23(10-5-15)27(24,25)16-6-11-26-12-7-16/h1-3,8,13,15-16H,4-7,9-12H2,(H,21,22). The van der Waals surface area contributed by atoms with E-state index in [1.165, 1.54) is 0 Å². The lowest BCUT2D eigenvalue weighted by molar-refractivity contribution is 0.0969. The van der Waals surface area contributed by atoms with E-state index in [1.54, 1.807) is 10.5 Å². The zero-order valence-corrected chi connectivity index (χ0v) is 16.7. The largest absolute Gasteiger partial charge is 0.382 e. The van der Waals surface area contributed by atoms with Crippen molar-refractivity contribution < 1.29 is 13.2 Å². The molecule has 27 heavy (non-hydrogen) atoms. The minimum Gasteiger partial charge on any atom is -0.382 e. The first-order valence-corrected chi connectivity index (χ1v) is 11.3. The number of fused-ring (bicyclic) bond motifs is 1. The van der Waals surface area contributed by atoms with E-state index in [2.05, 4.69) is 10.3 Å². The van der Waals surface area contributed by atoms with Gasteiger partial charge in [-0.2, -0.15) is 0 Å². The van der Waals surface area contributed by atoms with Gasteiger partial charge in [-0.15, -0.1) is 0 Å². The van der Waals surface area contributed by atoms with Crippen molar-refractivity contribution in [2.75, 3.05) is 31.6 Å². The second-order valence-corrected chi connectivity index (χ2v) is 9.84. The summed E-state index contributed by atoms with van der Waals surface area (Å²) >= 11 is 6.14. The van der Waals surface area contributed by atoms with Crippen LogP contribution in [0.1, 0.15) is 25.7 Å². The van der Waals surface area contributed by atoms with Crippen LogP contribution in [0.5, 0.6) is 0 Å². The third-order valence-corrected chi connectivity index (χ3v) is 8.10. The molecule has 2 aromatic rings. The van der Waals surface area contributed by atoms with Crippen LogP contribution in [-0.2, 0) is 14.8 Å². The summed E-state index contributed by atoms with van der Waals surface area (Å²) < 4.78 is 32.7. The molecule has 2 aliphatic heterocycles. The van der Waals surface area contributed by atoms with E-state index in [4.69, 9.17) is 16.3 Å². The lowest BCUT2D eigenvalue weighted by Gasteiger charge is -2.35. The van der Waals surface area contributed by atoms with Gasteiger partial charge in [0.1, 0.15) is 0 Å². The molecule has 3 heterocycles. The maximum Gasteiger partial charge on any atom is 0.217 e. The van der Waals surface area contributed by atoms with Gasteiger partial charge in [-0.3, -0.25) is 4.98 Å². The molecule has 2 saturated heterocycles. The molecule has 4 rings (SSSR count). The zero-order valence-electron chi connectivity index (χ0n) is 15.1. The summed E-state index contributed by atoms with van der Waals surface area (Å²) in [5, 5.41) is 4.94. The maximum atomic E-state index is 12.8. The van der Waals surface area contributed by atoms with Crippen LogP contribution >= 0.6 is 11.6 Å². The van der Waals surface area contributed by atoms with Crippen molar-refractivity contribution in [3.8, 4) is 0 Å². The Bertz CT molecular complexity index is 908. The van der Waals surface area contributed by atoms with E-state index in [-0.39, 0.29) is 11.3 Å². The highest BCUT2D eigenvalue weighted by atomic mass is 35.5. The number of anilines is 1. The monoisotopic (exact) mass is 409 g/mol. The van der Waals surface area contributed by atoms with Crippen molar-refractivity contribution in [3.63, 3.8) is 0 Å². The normalized spacial score (nSPS) is 20.8. The summed E-state index contributed by atoms with van der Waals surface area (Å²) in [4.78, 5) is 4.38. The summed E-state index contributed by atoms with van der Waals surface area (Å²) in [6.45, 7) is 2.20. The van der Waals surface area contributed by atoms with Crippen LogP contribution in [0.4, 0.5) is 5.69 Å². The molecular formula is C19H24ClN3O3S. The van der Waals surface area contributed by atoms with Crippen molar-refractivity contribution in [2.24, 2.45) is 0 Å². The minimum atomic E-state index is -3.22. The number of rotatable bonds is 4. The van der Waals surface area contributed by atoms with E-state index in [0.29, 0.717) is 44.2 Å². The number of hydrogen-bond donors (Lipinski definition) is 1. The van der Waals surface area contributed by atoms with Crippen molar-refractivity contribution in [1.82, 2.24) is 9.29 Å². The van der Waals surface area contributed by atoms with E-state index >= 15 is 0 Å². The number of aromatic nitrogens is 1. The Hall–Kier alpha value is -1.41. The van der Waals surface area contributed by atoms with Crippen molar-refractivity contribution >= 4 is 38.2 Å². The predicted octanol–water partition coefficient (Wildman–Crippen LogP) is 3.27. The Balaban J connectivity index is 1.42. The van der Waals surface area contributed by atoms with Crippen molar-refractivity contribution in [3.05, 3.63) is 35.5 Å². The van der Waals surface area contributed by atoms with Gasteiger partial charge in [-0.1, -0.05) is 11.6 Å². The molecule has 0 spiro atoms. The first-order valence-electron chi connectivity index (χ1n) is 9.41. The minimum absolute atomic E-state index is 0.232. The summed E-state index contributed by atoms with van der Waals surface area (Å²) in [5.74, 6) is 0. The third kappa shape index (κ3) is 4.06.